The molecular weight excluding hydrogens is 1430 g/mol. The predicted octanol–water partition coefficient (Wildman–Crippen LogP) is 19.1. The highest BCUT2D eigenvalue weighted by Gasteiger charge is 2.80. The van der Waals surface area contributed by atoms with Crippen molar-refractivity contribution in [2.75, 3.05) is 73.8 Å². The Morgan fingerprint density at radius 1 is 0.294 bits per heavy atom. The van der Waals surface area contributed by atoms with Gasteiger partial charge in [0.2, 0.25) is 0 Å². The highest BCUT2D eigenvalue weighted by atomic mass is 35.7. The Labute approximate surface area is 451 Å². The van der Waals surface area contributed by atoms with Crippen molar-refractivity contribution in [3.05, 3.63) is 0 Å². The summed E-state index contributed by atoms with van der Waals surface area (Å²) in [4.78, 5) is 0. The van der Waals surface area contributed by atoms with Crippen molar-refractivity contribution in [2.24, 2.45) is 18.5 Å². The zero-order valence-corrected chi connectivity index (χ0v) is 45.4. The Balaban J connectivity index is 0. The molecule has 0 aliphatic carbocycles. The molecule has 0 N–H and O–H groups in total. The summed E-state index contributed by atoms with van der Waals surface area (Å²) in [5.74, 6) is -101. The summed E-state index contributed by atoms with van der Waals surface area (Å²) in [6.07, 6.45) is -27.2. The second-order valence-corrected chi connectivity index (χ2v) is 28.5. The molecule has 0 aliphatic rings. The fourth-order valence-electron chi connectivity index (χ4n) is 4.29. The van der Waals surface area contributed by atoms with Gasteiger partial charge in [-0.2, -0.15) is 141 Å². The van der Waals surface area contributed by atoms with E-state index in [4.69, 9.17) is 11.2 Å². The van der Waals surface area contributed by atoms with Crippen LogP contribution in [-0.2, 0) is 22.6 Å². The topological polar surface area (TPSA) is 95.6 Å². The summed E-state index contributed by atoms with van der Waals surface area (Å²) in [5, 5.41) is 0. The van der Waals surface area contributed by atoms with Crippen molar-refractivity contribution < 1.29 is 198 Å². The van der Waals surface area contributed by atoms with Crippen LogP contribution in [0.1, 0.15) is 0 Å². The molecule has 0 saturated heterocycles. The van der Waals surface area contributed by atoms with Crippen LogP contribution < -0.4 is 0 Å². The lowest BCUT2D eigenvalue weighted by Gasteiger charge is -2.35. The largest absolute Gasteiger partial charge is 0.380 e. The molecule has 9 nitrogen and oxygen atoms in total. The molecule has 0 aromatic carbocycles. The minimum atomic E-state index is -7.22. The van der Waals surface area contributed by atoms with Gasteiger partial charge < -0.3 is 22.6 Å². The summed E-state index contributed by atoms with van der Waals surface area (Å²) in [6, 6.07) is 0. The molecule has 0 radical (unpaired) electrons. The van der Waals surface area contributed by atoms with Crippen molar-refractivity contribution in [3.63, 3.8) is 0 Å². The molecule has 1 unspecified atom stereocenters. The molecule has 0 aliphatic heterocycles. The molecule has 514 valence electrons. The number of hydrogen-bond donors (Lipinski definition) is 0. The van der Waals surface area contributed by atoms with Gasteiger partial charge in [0.15, 0.2) is 0 Å². The lowest BCUT2D eigenvalue weighted by atomic mass is 10.1. The van der Waals surface area contributed by atoms with Crippen LogP contribution in [0.25, 0.3) is 0 Å². The lowest BCUT2D eigenvalue weighted by molar-refractivity contribution is -0.344. The van der Waals surface area contributed by atoms with Crippen LogP contribution in [-0.4, -0.2) is 195 Å². The zero-order valence-electron chi connectivity index (χ0n) is 41.0. The van der Waals surface area contributed by atoms with Crippen molar-refractivity contribution >= 4 is 40.2 Å². The minimum absolute atomic E-state index is 0.0166. The van der Waals surface area contributed by atoms with Crippen LogP contribution in [0.5, 0.6) is 0 Å². The average Bonchev–Trinajstić information content (AvgIpc) is 3.32. The lowest BCUT2D eigenvalue weighted by Crippen LogP contribution is -2.59. The maximum absolute atomic E-state index is 14.1. The van der Waals surface area contributed by atoms with Crippen LogP contribution in [0.3, 0.4) is 0 Å². The first-order chi connectivity index (χ1) is 36.8. The molecule has 0 fully saturated rings. The van der Waals surface area contributed by atoms with E-state index in [0.717, 1.165) is 0 Å². The molecule has 0 heterocycles. The zero-order chi connectivity index (χ0) is 69.3. The second-order valence-electron chi connectivity index (χ2n) is 16.5. The molecule has 0 aromatic rings. The highest BCUT2D eigenvalue weighted by Crippen LogP contribution is 2.68. The van der Waals surface area contributed by atoms with E-state index in [1.165, 1.54) is 0 Å². The fraction of sp³-hybridized carbons (Fsp3) is 1.00. The minimum Gasteiger partial charge on any atom is -0.338 e. The third-order valence-electron chi connectivity index (χ3n) is 9.28. The summed E-state index contributed by atoms with van der Waals surface area (Å²) in [5.41, 5.74) is 0. The molecule has 0 amide bonds. The quantitative estimate of drug-likeness (QED) is 0.0494. The number of hydrogen-bond acceptors (Lipinski definition) is 7. The molecule has 0 rings (SSSR count). The van der Waals surface area contributed by atoms with E-state index in [1.54, 1.807) is 0 Å². The summed E-state index contributed by atoms with van der Waals surface area (Å²) in [7, 11) is -14.8. The van der Waals surface area contributed by atoms with Gasteiger partial charge in [0.25, 0.3) is 6.78 Å². The Hall–Kier alpha value is -1.79. The summed E-state index contributed by atoms with van der Waals surface area (Å²) >= 11 is 5.53. The van der Waals surface area contributed by atoms with E-state index < -0.39 is 183 Å². The molecule has 0 aromatic heterocycles. The van der Waals surface area contributed by atoms with Crippen LogP contribution in [0, 0.1) is 0 Å². The number of nitrogens with zero attached hydrogens (tertiary/aromatic N) is 4. The molecule has 85 heavy (non-hydrogen) atoms. The van der Waals surface area contributed by atoms with Crippen LogP contribution in [0.4, 0.5) is 176 Å². The molecular formula is C31H33ClF40N4O5P4. The van der Waals surface area contributed by atoms with Gasteiger partial charge in [-0.05, 0) is 37.9 Å². The van der Waals surface area contributed by atoms with Crippen LogP contribution in [0.15, 0.2) is 18.5 Å². The third-order valence-corrected chi connectivity index (χ3v) is 19.8. The summed E-state index contributed by atoms with van der Waals surface area (Å²) < 4.78 is 558. The Morgan fingerprint density at radius 2 is 0.471 bits per heavy atom. The standard InChI is InChI=1S/C18H18F24N2O3P2.C13H15ClF16N2O2P2/c1-43-49(46-5-11(27,28)17(39,40)14(33,34)8(21)22,47-6-12(29,30)18(41,42)15(35,36)9(23)24)44-48(2,3)45-4-10(25,26)16(37,38)13(31,32)7(19)20;1-31-36(14,34-5-9(21,22)13(29,30)11(25,26)7(17)18)32-35(2,3)33-4-8(19,20)12(27,28)10(23,24)6(15)16/h7-9H,4-6H2,1-3H3;6-7H,4-5H2,1-3H3. The van der Waals surface area contributed by atoms with E-state index >= 15 is 0 Å². The first-order valence-electron chi connectivity index (χ1n) is 20.0. The monoisotopic (exact) mass is 1460 g/mol. The second kappa shape index (κ2) is 27.2. The maximum Gasteiger partial charge on any atom is 0.380 e. The molecule has 0 spiro atoms. The highest BCUT2D eigenvalue weighted by molar-refractivity contribution is 7.89. The third kappa shape index (κ3) is 18.0. The Bertz CT molecular complexity index is 2380. The Morgan fingerprint density at radius 3 is 0.647 bits per heavy atom. The molecule has 54 heteroatoms. The smallest absolute Gasteiger partial charge is 0.338 e. The van der Waals surface area contributed by atoms with Crippen molar-refractivity contribution in [1.29, 1.82) is 0 Å². The van der Waals surface area contributed by atoms with Gasteiger partial charge in [0.05, 0.1) is 14.6 Å². The van der Waals surface area contributed by atoms with Gasteiger partial charge in [-0.25, -0.2) is 53.4 Å². The molecule has 0 bridgehead atoms. The SMILES string of the molecule is CN=P(Cl)(N=P(C)(C)OCC(F)(F)C(F)(F)C(F)(F)C(F)F)OCC(F)(F)C(F)(F)C(F)(F)C(F)F.CN=P(N=P(C)(C)OCC(F)(F)C(F)(F)C(F)(F)C(F)F)(OCC(F)(F)C(F)(F)C(F)(F)C(F)F)OCC(F)(F)C(F)(F)C(F)(F)C(F)F. The number of halogens is 41. The predicted molar refractivity (Wildman–Crippen MR) is 213 cm³/mol. The average molecular weight is 1460 g/mol. The van der Waals surface area contributed by atoms with Crippen molar-refractivity contribution in [3.8, 4) is 0 Å². The van der Waals surface area contributed by atoms with Gasteiger partial charge in [-0.15, -0.1) is 0 Å². The molecule has 1 atom stereocenters. The summed E-state index contributed by atoms with van der Waals surface area (Å²) in [6.45, 7) is -19.2. The van der Waals surface area contributed by atoms with Crippen LogP contribution >= 0.6 is 40.2 Å². The first-order valence-corrected chi connectivity index (χ1v) is 29.1. The Kier molecular flexibility index (Phi) is 27.3. The fourth-order valence-corrected chi connectivity index (χ4v) is 14.2. The van der Waals surface area contributed by atoms with E-state index in [1.807, 2.05) is 0 Å². The van der Waals surface area contributed by atoms with E-state index in [9.17, 15) is 176 Å². The molecule has 0 saturated carbocycles. The normalized spacial score (nSPS) is 16.3. The van der Waals surface area contributed by atoms with Crippen molar-refractivity contribution in [2.45, 2.75) is 121 Å². The van der Waals surface area contributed by atoms with Gasteiger partial charge in [-0.1, -0.05) is 0 Å². The van der Waals surface area contributed by atoms with E-state index in [0.29, 0.717) is 20.4 Å². The number of rotatable bonds is 32. The van der Waals surface area contributed by atoms with Crippen LogP contribution in [0.2, 0.25) is 0 Å². The first kappa shape index (κ1) is 85.3. The van der Waals surface area contributed by atoms with Crippen molar-refractivity contribution in [1.82, 2.24) is 0 Å². The van der Waals surface area contributed by atoms with Gasteiger partial charge in [-0.3, -0.25) is 0 Å². The van der Waals surface area contributed by atoms with E-state index in [-0.39, 0.29) is 20.4 Å². The van der Waals surface area contributed by atoms with Gasteiger partial charge in [0, 0.05) is 14.1 Å². The maximum atomic E-state index is 14.1. The van der Waals surface area contributed by atoms with E-state index in [2.05, 4.69) is 41.1 Å². The van der Waals surface area contributed by atoms with Gasteiger partial charge >= 0.3 is 129 Å². The van der Waals surface area contributed by atoms with Gasteiger partial charge in [0.1, 0.15) is 33.0 Å². The number of alkyl halides is 40.